The molecule has 17 rings (SSSR count). The summed E-state index contributed by atoms with van der Waals surface area (Å²) in [5.74, 6) is 5.85. The molecule has 4 aliphatic carbocycles. The largest absolute Gasteiger partial charge is 0.496 e. The maximum Gasteiger partial charge on any atom is 0.496 e. The highest BCUT2D eigenvalue weighted by atomic mass is 35.5. The molecule has 108 heavy (non-hydrogen) atoms. The van der Waals surface area contributed by atoms with Crippen LogP contribution in [0.2, 0.25) is 5.15 Å². The molecule has 0 saturated carbocycles. The Kier molecular flexibility index (Phi) is 26.1. The Balaban J connectivity index is 0.000000120. The monoisotopic (exact) mass is 1500 g/mol. The van der Waals surface area contributed by atoms with Crippen LogP contribution in [0.25, 0.3) is 56.8 Å². The number of ether oxygens (including phenoxy) is 4. The fourth-order valence-corrected chi connectivity index (χ4v) is 14.7. The molecular formula is C82H98BCl2FN16O6. The van der Waals surface area contributed by atoms with Crippen molar-refractivity contribution in [3.8, 4) is 33.8 Å². The number of rotatable bonds is 16. The second-order valence-corrected chi connectivity index (χ2v) is 30.8. The number of hydrogen-bond donors (Lipinski definition) is 0. The zero-order valence-electron chi connectivity index (χ0n) is 63.3. The summed E-state index contributed by atoms with van der Waals surface area (Å²) in [5, 5.41) is 1.21. The van der Waals surface area contributed by atoms with Gasteiger partial charge in [-0.2, -0.15) is 0 Å². The molecule has 566 valence electrons. The lowest BCUT2D eigenvalue weighted by Gasteiger charge is -2.32. The SMILES string of the molecule is CC1(C)OB(c2cnc3c(c2)C=CC3)OC1(C)C.CN(CC1CCOCC1)c1cncc(-c2cnc3c(c2)C(Cl)=CC3)n1.CN(CC1CCOCC1)c1cncc(-c2cnc3c(c2)C(F)=CC3)n1.CN(CC1CCOCC1)c1cncc(-c2cnc3c(c2)C=CC3)n1.CN(CC1CCOCC1)c1cncc(Cl)n1. The van der Waals surface area contributed by atoms with Gasteiger partial charge in [-0.3, -0.25) is 39.9 Å². The smallest absolute Gasteiger partial charge is 0.399 e. The Morgan fingerprint density at radius 2 is 0.778 bits per heavy atom. The first-order valence-corrected chi connectivity index (χ1v) is 38.6. The van der Waals surface area contributed by atoms with Crippen molar-refractivity contribution in [2.75, 3.05) is 127 Å². The predicted octanol–water partition coefficient (Wildman–Crippen LogP) is 13.7. The van der Waals surface area contributed by atoms with Crippen molar-refractivity contribution in [2.24, 2.45) is 23.7 Å². The third-order valence-electron chi connectivity index (χ3n) is 21.6. The van der Waals surface area contributed by atoms with Crippen molar-refractivity contribution in [3.63, 3.8) is 0 Å². The van der Waals surface area contributed by atoms with Crippen LogP contribution < -0.4 is 25.1 Å². The van der Waals surface area contributed by atoms with Gasteiger partial charge in [0.1, 0.15) is 34.3 Å². The maximum atomic E-state index is 13.8. The molecule has 5 saturated heterocycles. The number of hydrogen-bond acceptors (Lipinski definition) is 22. The van der Waals surface area contributed by atoms with E-state index in [2.05, 4.69) is 149 Å². The van der Waals surface area contributed by atoms with Crippen molar-refractivity contribution in [3.05, 3.63) is 173 Å². The fourth-order valence-electron chi connectivity index (χ4n) is 14.3. The summed E-state index contributed by atoms with van der Waals surface area (Å²) >= 11 is 12.1. The van der Waals surface area contributed by atoms with Crippen LogP contribution in [-0.4, -0.2) is 185 Å². The van der Waals surface area contributed by atoms with E-state index in [9.17, 15) is 4.39 Å². The minimum atomic E-state index is -0.318. The van der Waals surface area contributed by atoms with Crippen LogP contribution in [0.1, 0.15) is 124 Å². The van der Waals surface area contributed by atoms with Crippen molar-refractivity contribution in [1.29, 1.82) is 0 Å². The summed E-state index contributed by atoms with van der Waals surface area (Å²) in [4.78, 5) is 62.2. The Hall–Kier alpha value is -8.59. The summed E-state index contributed by atoms with van der Waals surface area (Å²) in [6.07, 6.45) is 45.5. The highest BCUT2D eigenvalue weighted by Crippen LogP contribution is 2.38. The topological polar surface area (TPSA) is 223 Å². The molecule has 0 bridgehead atoms. The molecule has 0 spiro atoms. The lowest BCUT2D eigenvalue weighted by Crippen LogP contribution is -2.41. The quantitative estimate of drug-likeness (QED) is 0.0820. The van der Waals surface area contributed by atoms with Gasteiger partial charge in [-0.05, 0) is 138 Å². The van der Waals surface area contributed by atoms with E-state index in [0.717, 1.165) is 240 Å². The average molecular weight is 1500 g/mol. The van der Waals surface area contributed by atoms with E-state index in [1.54, 1.807) is 43.3 Å². The summed E-state index contributed by atoms with van der Waals surface area (Å²) in [5.41, 5.74) is 13.6. The predicted molar refractivity (Wildman–Crippen MR) is 426 cm³/mol. The molecule has 0 unspecified atom stereocenters. The van der Waals surface area contributed by atoms with Gasteiger partial charge in [0.25, 0.3) is 0 Å². The molecule has 5 fully saturated rings. The number of fused-ring (bicyclic) bond motifs is 4. The first kappa shape index (κ1) is 77.6. The summed E-state index contributed by atoms with van der Waals surface area (Å²) in [6.45, 7) is 19.0. The van der Waals surface area contributed by atoms with Crippen LogP contribution >= 0.6 is 23.2 Å². The molecule has 0 radical (unpaired) electrons. The summed E-state index contributed by atoms with van der Waals surface area (Å²) < 4.78 is 47.5. The van der Waals surface area contributed by atoms with Crippen molar-refractivity contribution >= 4 is 82.1 Å². The van der Waals surface area contributed by atoms with E-state index in [4.69, 9.17) is 66.4 Å². The van der Waals surface area contributed by atoms with Gasteiger partial charge in [0.2, 0.25) is 0 Å². The Labute approximate surface area is 644 Å². The number of allylic oxidation sites excluding steroid dienone is 4. The van der Waals surface area contributed by atoms with E-state index < -0.39 is 0 Å². The van der Waals surface area contributed by atoms with Crippen LogP contribution in [0.15, 0.2) is 123 Å². The highest BCUT2D eigenvalue weighted by molar-refractivity contribution is 6.62. The van der Waals surface area contributed by atoms with E-state index in [0.29, 0.717) is 46.5 Å². The molecule has 0 N–H and O–H groups in total. The van der Waals surface area contributed by atoms with Gasteiger partial charge >= 0.3 is 7.12 Å². The second kappa shape index (κ2) is 36.3. The van der Waals surface area contributed by atoms with E-state index >= 15 is 0 Å². The first-order chi connectivity index (χ1) is 52.3. The average Bonchev–Trinajstić information content (AvgIpc) is 1.62. The van der Waals surface area contributed by atoms with E-state index in [-0.39, 0.29) is 24.1 Å². The number of halogens is 3. The molecule has 22 nitrogen and oxygen atoms in total. The Morgan fingerprint density at radius 1 is 0.417 bits per heavy atom. The standard InChI is InChI=1S/C19H21ClN4O.C19H21FN4O.C19H22N4O.C14H18BNO2.C11H16ClN3O/c2*1-24(12-13-4-6-25-7-5-13)19-11-21-10-18(23-19)14-8-15-16(20)2-3-17(15)22-9-14;1-23(13-14-5-7-24-8-6-14)19-12-20-11-18(22-19)16-9-15-3-2-4-17(15)21-10-16;1-13(2)14(3,4)18-15(17-13)11-8-10-6-5-7-12(10)16-9-11;1-15(8-9-2-4-16-5-3-9)11-7-13-6-10(12)14-11/h2*2,8-11,13H,3-7,12H2,1H3;2-3,9-12,14H,4-8,13H2,1H3;5-6,8-9H,7H2,1-4H3;6-7,9H,2-5,8H2,1H3. The zero-order chi connectivity index (χ0) is 75.2. The third-order valence-corrected chi connectivity index (χ3v) is 22.1. The molecule has 8 aromatic heterocycles. The van der Waals surface area contributed by atoms with Gasteiger partial charge in [0, 0.05) is 196 Å². The lowest BCUT2D eigenvalue weighted by molar-refractivity contribution is 0.00578. The minimum Gasteiger partial charge on any atom is -0.399 e. The molecule has 0 aromatic carbocycles. The van der Waals surface area contributed by atoms with Gasteiger partial charge in [-0.15, -0.1) is 0 Å². The van der Waals surface area contributed by atoms with Gasteiger partial charge < -0.3 is 47.9 Å². The summed E-state index contributed by atoms with van der Waals surface area (Å²) in [7, 11) is 7.90. The van der Waals surface area contributed by atoms with E-state index in [1.165, 1.54) is 11.1 Å². The fraction of sp³-hybridized carbons (Fsp3) is 0.463. The molecule has 0 amide bonds. The Bertz CT molecular complexity index is 4360. The zero-order valence-corrected chi connectivity index (χ0v) is 64.8. The van der Waals surface area contributed by atoms with Gasteiger partial charge in [0.15, 0.2) is 0 Å². The van der Waals surface area contributed by atoms with Crippen LogP contribution in [0.4, 0.5) is 27.7 Å². The highest BCUT2D eigenvalue weighted by Gasteiger charge is 2.52. The van der Waals surface area contributed by atoms with Crippen molar-refractivity contribution in [2.45, 2.75) is 116 Å². The van der Waals surface area contributed by atoms with Gasteiger partial charge in [-0.25, -0.2) is 24.3 Å². The van der Waals surface area contributed by atoms with Crippen LogP contribution in [0, 0.1) is 23.7 Å². The van der Waals surface area contributed by atoms with Crippen LogP contribution in [0.5, 0.6) is 0 Å². The Morgan fingerprint density at radius 3 is 1.21 bits per heavy atom. The molecule has 9 aliphatic rings. The number of pyridine rings is 4. The number of anilines is 4. The van der Waals surface area contributed by atoms with Crippen LogP contribution in [0.3, 0.4) is 0 Å². The maximum absolute atomic E-state index is 13.8. The van der Waals surface area contributed by atoms with Crippen molar-refractivity contribution in [1.82, 2.24) is 59.8 Å². The number of nitrogens with zero attached hydrogens (tertiary/aromatic N) is 16. The molecule has 26 heteroatoms. The van der Waals surface area contributed by atoms with Gasteiger partial charge in [-0.1, -0.05) is 59.6 Å². The van der Waals surface area contributed by atoms with Gasteiger partial charge in [0.05, 0.1) is 101 Å². The number of aromatic nitrogens is 12. The summed E-state index contributed by atoms with van der Waals surface area (Å²) in [6, 6.07) is 8.14. The third kappa shape index (κ3) is 20.1. The van der Waals surface area contributed by atoms with Crippen molar-refractivity contribution < 1.29 is 32.6 Å². The first-order valence-electron chi connectivity index (χ1n) is 37.8. The lowest BCUT2D eigenvalue weighted by atomic mass is 9.79. The molecule has 8 aromatic rings. The normalized spacial score (nSPS) is 18.3. The molecular weight excluding hydrogens is 1410 g/mol. The molecule has 0 atom stereocenters. The molecule has 13 heterocycles. The second-order valence-electron chi connectivity index (χ2n) is 30.0. The van der Waals surface area contributed by atoms with E-state index in [1.807, 2.05) is 63.4 Å². The van der Waals surface area contributed by atoms with Crippen LogP contribution in [-0.2, 0) is 53.9 Å². The molecule has 5 aliphatic heterocycles. The minimum absolute atomic E-state index is 0.204.